The lowest BCUT2D eigenvalue weighted by atomic mass is 9.97. The van der Waals surface area contributed by atoms with Crippen LogP contribution in [0, 0.1) is 0 Å². The van der Waals surface area contributed by atoms with Gasteiger partial charge in [0.25, 0.3) is 0 Å². The van der Waals surface area contributed by atoms with Gasteiger partial charge >= 0.3 is 0 Å². The van der Waals surface area contributed by atoms with Crippen molar-refractivity contribution < 1.29 is 4.79 Å². The van der Waals surface area contributed by atoms with Crippen LogP contribution in [0.15, 0.2) is 29.9 Å². The second-order valence-electron chi connectivity index (χ2n) is 5.59. The predicted molar refractivity (Wildman–Crippen MR) is 84.4 cm³/mol. The molecule has 1 unspecified atom stereocenters. The minimum Gasteiger partial charge on any atom is -0.348 e. The smallest absolute Gasteiger partial charge is 0.222 e. The molecule has 0 aliphatic carbocycles. The maximum Gasteiger partial charge on any atom is 0.222 e. The molecule has 1 aliphatic rings. The molecule has 5 heteroatoms. The number of aryl methyl sites for hydroxylation is 1. The van der Waals surface area contributed by atoms with Gasteiger partial charge in [-0.1, -0.05) is 6.07 Å². The molecule has 1 atom stereocenters. The number of carbonyl (C=O) groups is 1. The summed E-state index contributed by atoms with van der Waals surface area (Å²) in [6, 6.07) is 4.21. The number of imidazole rings is 1. The van der Waals surface area contributed by atoms with Crippen LogP contribution in [-0.2, 0) is 11.2 Å². The third kappa shape index (κ3) is 3.73. The highest BCUT2D eigenvalue weighted by Gasteiger charge is 2.25. The topological polar surface area (TPSA) is 49.0 Å². The van der Waals surface area contributed by atoms with Crippen molar-refractivity contribution in [1.82, 2.24) is 14.9 Å². The molecule has 1 aliphatic heterocycles. The molecule has 0 aromatic carbocycles. The van der Waals surface area contributed by atoms with Crippen molar-refractivity contribution >= 4 is 17.2 Å². The van der Waals surface area contributed by atoms with Crippen molar-refractivity contribution in [3.8, 4) is 0 Å². The van der Waals surface area contributed by atoms with E-state index < -0.39 is 0 Å². The van der Waals surface area contributed by atoms with Gasteiger partial charge in [-0.05, 0) is 37.1 Å². The summed E-state index contributed by atoms with van der Waals surface area (Å²) in [5.74, 6) is 1.68. The average molecular weight is 303 g/mol. The summed E-state index contributed by atoms with van der Waals surface area (Å²) < 4.78 is 0. The highest BCUT2D eigenvalue weighted by Crippen LogP contribution is 2.25. The minimum atomic E-state index is 0.294. The first-order valence-electron chi connectivity index (χ1n) is 7.62. The first kappa shape index (κ1) is 14.3. The van der Waals surface area contributed by atoms with E-state index in [4.69, 9.17) is 0 Å². The zero-order chi connectivity index (χ0) is 14.5. The minimum absolute atomic E-state index is 0.294. The van der Waals surface area contributed by atoms with E-state index >= 15 is 0 Å². The molecule has 1 fully saturated rings. The second kappa shape index (κ2) is 6.89. The second-order valence-corrected chi connectivity index (χ2v) is 6.62. The number of nitrogens with one attached hydrogen (secondary N) is 1. The molecule has 3 rings (SSSR count). The fraction of sp³-hybridized carbons (Fsp3) is 0.500. The quantitative estimate of drug-likeness (QED) is 0.922. The SMILES string of the molecule is O=C(CCCc1cccs1)N1CCCC(c2ncc[nH]2)C1. The number of carbonyl (C=O) groups excluding carboxylic acids is 1. The molecule has 1 amide bonds. The summed E-state index contributed by atoms with van der Waals surface area (Å²) in [6.07, 6.45) is 8.45. The van der Waals surface area contributed by atoms with E-state index in [1.165, 1.54) is 4.88 Å². The fourth-order valence-electron chi connectivity index (χ4n) is 2.95. The van der Waals surface area contributed by atoms with Crippen molar-refractivity contribution in [2.24, 2.45) is 0 Å². The van der Waals surface area contributed by atoms with Gasteiger partial charge in [0.2, 0.25) is 5.91 Å². The van der Waals surface area contributed by atoms with Crippen molar-refractivity contribution in [2.75, 3.05) is 13.1 Å². The average Bonchev–Trinajstić information content (AvgIpc) is 3.21. The molecule has 0 bridgehead atoms. The summed E-state index contributed by atoms with van der Waals surface area (Å²) in [4.78, 5) is 23.2. The maximum absolute atomic E-state index is 12.3. The standard InChI is InChI=1S/C16H21N3OS/c20-15(7-1-5-14-6-3-11-21-14)19-10-2-4-13(12-19)16-17-8-9-18-16/h3,6,8-9,11,13H,1-2,4-5,7,10,12H2,(H,17,18). The molecule has 0 radical (unpaired) electrons. The molecule has 1 N–H and O–H groups in total. The molecule has 0 spiro atoms. The Kier molecular flexibility index (Phi) is 4.70. The van der Waals surface area contributed by atoms with Crippen LogP contribution in [0.25, 0.3) is 0 Å². The van der Waals surface area contributed by atoms with Gasteiger partial charge in [-0.2, -0.15) is 0 Å². The zero-order valence-corrected chi connectivity index (χ0v) is 12.9. The van der Waals surface area contributed by atoms with Crippen molar-refractivity contribution in [1.29, 1.82) is 0 Å². The number of rotatable bonds is 5. The molecule has 2 aromatic rings. The molecular weight excluding hydrogens is 282 g/mol. The summed E-state index contributed by atoms with van der Waals surface area (Å²) in [5, 5.41) is 2.09. The number of H-pyrrole nitrogens is 1. The number of likely N-dealkylation sites (tertiary alicyclic amines) is 1. The molecule has 21 heavy (non-hydrogen) atoms. The Balaban J connectivity index is 1.48. The predicted octanol–water partition coefficient (Wildman–Crippen LogP) is 3.20. The number of amides is 1. The van der Waals surface area contributed by atoms with Gasteiger partial charge in [0.15, 0.2) is 0 Å². The number of aromatic amines is 1. The lowest BCUT2D eigenvalue weighted by Gasteiger charge is -2.32. The van der Waals surface area contributed by atoms with E-state index in [1.54, 1.807) is 17.5 Å². The van der Waals surface area contributed by atoms with E-state index in [9.17, 15) is 4.79 Å². The third-order valence-electron chi connectivity index (χ3n) is 4.07. The summed E-state index contributed by atoms with van der Waals surface area (Å²) >= 11 is 1.77. The number of nitrogens with zero attached hydrogens (tertiary/aromatic N) is 2. The first-order valence-corrected chi connectivity index (χ1v) is 8.50. The summed E-state index contributed by atoms with van der Waals surface area (Å²) in [5.41, 5.74) is 0. The van der Waals surface area contributed by atoms with Crippen LogP contribution >= 0.6 is 11.3 Å². The van der Waals surface area contributed by atoms with Crippen molar-refractivity contribution in [2.45, 2.75) is 38.0 Å². The Morgan fingerprint density at radius 1 is 1.52 bits per heavy atom. The number of hydrogen-bond acceptors (Lipinski definition) is 3. The van der Waals surface area contributed by atoms with Crippen LogP contribution in [0.5, 0.6) is 0 Å². The molecule has 112 valence electrons. The zero-order valence-electron chi connectivity index (χ0n) is 12.1. The van der Waals surface area contributed by atoms with Gasteiger partial charge in [-0.15, -0.1) is 11.3 Å². The van der Waals surface area contributed by atoms with E-state index in [0.717, 1.165) is 44.6 Å². The van der Waals surface area contributed by atoms with E-state index in [-0.39, 0.29) is 0 Å². The van der Waals surface area contributed by atoms with Gasteiger partial charge in [0, 0.05) is 42.7 Å². The van der Waals surface area contributed by atoms with Gasteiger partial charge in [0.05, 0.1) is 0 Å². The van der Waals surface area contributed by atoms with Gasteiger partial charge in [0.1, 0.15) is 5.82 Å². The van der Waals surface area contributed by atoms with E-state index in [1.807, 2.05) is 11.1 Å². The number of thiophene rings is 1. The summed E-state index contributed by atoms with van der Waals surface area (Å²) in [7, 11) is 0. The van der Waals surface area contributed by atoms with Gasteiger partial charge < -0.3 is 9.88 Å². The number of piperidine rings is 1. The van der Waals surface area contributed by atoms with Crippen LogP contribution in [0.1, 0.15) is 42.3 Å². The lowest BCUT2D eigenvalue weighted by Crippen LogP contribution is -2.39. The van der Waals surface area contributed by atoms with Crippen LogP contribution in [0.2, 0.25) is 0 Å². The molecule has 3 heterocycles. The highest BCUT2D eigenvalue weighted by atomic mass is 32.1. The van der Waals surface area contributed by atoms with Crippen LogP contribution in [0.3, 0.4) is 0 Å². The van der Waals surface area contributed by atoms with Gasteiger partial charge in [-0.3, -0.25) is 4.79 Å². The number of hydrogen-bond donors (Lipinski definition) is 1. The monoisotopic (exact) mass is 303 g/mol. The van der Waals surface area contributed by atoms with E-state index in [2.05, 4.69) is 27.5 Å². The Morgan fingerprint density at radius 3 is 3.24 bits per heavy atom. The fourth-order valence-corrected chi connectivity index (χ4v) is 3.71. The van der Waals surface area contributed by atoms with Crippen molar-refractivity contribution in [3.63, 3.8) is 0 Å². The molecular formula is C16H21N3OS. The van der Waals surface area contributed by atoms with Crippen LogP contribution in [0.4, 0.5) is 0 Å². The first-order chi connectivity index (χ1) is 10.3. The normalized spacial score (nSPS) is 18.9. The summed E-state index contributed by atoms with van der Waals surface area (Å²) in [6.45, 7) is 1.71. The van der Waals surface area contributed by atoms with Crippen LogP contribution < -0.4 is 0 Å². The van der Waals surface area contributed by atoms with Crippen LogP contribution in [-0.4, -0.2) is 33.9 Å². The Hall–Kier alpha value is -1.62. The Labute approximate surface area is 129 Å². The maximum atomic E-state index is 12.3. The Morgan fingerprint density at radius 2 is 2.48 bits per heavy atom. The van der Waals surface area contributed by atoms with Crippen molar-refractivity contribution in [3.05, 3.63) is 40.6 Å². The Bertz CT molecular complexity index is 550. The highest BCUT2D eigenvalue weighted by molar-refractivity contribution is 7.09. The number of aromatic nitrogens is 2. The lowest BCUT2D eigenvalue weighted by molar-refractivity contribution is -0.132. The van der Waals surface area contributed by atoms with E-state index in [0.29, 0.717) is 18.2 Å². The molecule has 4 nitrogen and oxygen atoms in total. The van der Waals surface area contributed by atoms with Gasteiger partial charge in [-0.25, -0.2) is 4.98 Å². The largest absolute Gasteiger partial charge is 0.348 e. The molecule has 1 saturated heterocycles. The molecule has 0 saturated carbocycles. The molecule has 2 aromatic heterocycles. The third-order valence-corrected chi connectivity index (χ3v) is 5.01.